The molecule has 0 saturated carbocycles. The number of hydrogen-bond donors (Lipinski definition) is 5. The van der Waals surface area contributed by atoms with Gasteiger partial charge in [0.05, 0.1) is 22.7 Å². The average Bonchev–Trinajstić information content (AvgIpc) is 3.79. The first-order chi connectivity index (χ1) is 26.7. The number of anilines is 1. The third-order valence-electron chi connectivity index (χ3n) is 12.5. The molecule has 0 radical (unpaired) electrons. The van der Waals surface area contributed by atoms with Crippen LogP contribution in [0.1, 0.15) is 117 Å². The van der Waals surface area contributed by atoms with Crippen molar-refractivity contribution in [2.75, 3.05) is 5.32 Å². The van der Waals surface area contributed by atoms with Crippen LogP contribution >= 0.6 is 0 Å². The zero-order valence-corrected chi connectivity index (χ0v) is 35.0. The predicted molar refractivity (Wildman–Crippen MR) is 219 cm³/mol. The van der Waals surface area contributed by atoms with Crippen LogP contribution in [0.5, 0.6) is 17.2 Å². The number of allylic oxidation sites excluding steroid dienone is 4. The first-order valence-electron chi connectivity index (χ1n) is 20.5. The molecule has 10 atom stereocenters. The van der Waals surface area contributed by atoms with Gasteiger partial charge in [0.15, 0.2) is 11.4 Å². The molecule has 57 heavy (non-hydrogen) atoms. The number of fused-ring (bicyclic) bond motifs is 13. The van der Waals surface area contributed by atoms with Crippen LogP contribution in [-0.2, 0) is 14.3 Å². The number of aromatic hydroxyl groups is 2. The summed E-state index contributed by atoms with van der Waals surface area (Å²) in [5, 5.41) is 42.8. The van der Waals surface area contributed by atoms with Crippen molar-refractivity contribution in [3.63, 3.8) is 0 Å². The summed E-state index contributed by atoms with van der Waals surface area (Å²) in [7, 11) is 0. The molecule has 0 spiro atoms. The maximum absolute atomic E-state index is 14.7. The molecule has 1 saturated heterocycles. The molecule has 5 aliphatic heterocycles. The molecule has 1 amide bonds. The number of nitrogens with one attached hydrogen (secondary N) is 2. The van der Waals surface area contributed by atoms with E-state index in [2.05, 4.69) is 22.5 Å². The highest BCUT2D eigenvalue weighted by Crippen LogP contribution is 2.51. The molecule has 5 heterocycles. The minimum absolute atomic E-state index is 0.00608. The lowest BCUT2D eigenvalue weighted by Gasteiger charge is -2.34. The summed E-state index contributed by atoms with van der Waals surface area (Å²) in [6.45, 7) is 18.3. The van der Waals surface area contributed by atoms with Crippen molar-refractivity contribution < 1.29 is 39.2 Å². The Bertz CT molecular complexity index is 2190. The van der Waals surface area contributed by atoms with Gasteiger partial charge < -0.3 is 35.4 Å². The van der Waals surface area contributed by atoms with Crippen molar-refractivity contribution in [3.8, 4) is 17.2 Å². The Kier molecular flexibility index (Phi) is 11.8. The zero-order valence-electron chi connectivity index (χ0n) is 35.0. The summed E-state index contributed by atoms with van der Waals surface area (Å²) in [6.07, 6.45) is 11.8. The zero-order chi connectivity index (χ0) is 41.7. The van der Waals surface area contributed by atoms with Crippen LogP contribution in [0.4, 0.5) is 5.69 Å². The predicted octanol–water partition coefficient (Wildman–Crippen LogP) is 6.41. The summed E-state index contributed by atoms with van der Waals surface area (Å²) in [5.41, 5.74) is -1.06. The van der Waals surface area contributed by atoms with E-state index in [1.165, 1.54) is 6.92 Å². The third-order valence-corrected chi connectivity index (χ3v) is 12.5. The van der Waals surface area contributed by atoms with Gasteiger partial charge in [-0.25, -0.2) is 4.99 Å². The number of nitrogens with zero attached hydrogens (tertiary/aromatic N) is 2. The maximum atomic E-state index is 14.7. The van der Waals surface area contributed by atoms with Gasteiger partial charge in [0.25, 0.3) is 5.91 Å². The van der Waals surface area contributed by atoms with Gasteiger partial charge in [-0.05, 0) is 78.1 Å². The molecule has 12 nitrogen and oxygen atoms in total. The number of Topliss-reactive ketones (excluding diaryl/α,β-unsaturated/α-hetero) is 1. The van der Waals surface area contributed by atoms with E-state index >= 15 is 0 Å². The Hall–Kier alpha value is -4.55. The average molecular weight is 785 g/mol. The number of benzene rings is 2. The topological polar surface area (TPSA) is 179 Å². The van der Waals surface area contributed by atoms with Gasteiger partial charge in [0.2, 0.25) is 5.78 Å². The van der Waals surface area contributed by atoms with Crippen molar-refractivity contribution in [3.05, 3.63) is 57.8 Å². The monoisotopic (exact) mass is 784 g/mol. The maximum Gasteiger partial charge on any atom is 0.302 e. The fourth-order valence-corrected chi connectivity index (χ4v) is 9.29. The molecule has 2 aromatic carbocycles. The van der Waals surface area contributed by atoms with Crippen LogP contribution in [0.25, 0.3) is 10.8 Å². The molecule has 0 aromatic heterocycles. The highest BCUT2D eigenvalue weighted by Gasteiger charge is 2.48. The number of aliphatic hydroxyl groups is 1. The summed E-state index contributed by atoms with van der Waals surface area (Å²) >= 11 is 0. The van der Waals surface area contributed by atoms with Gasteiger partial charge >= 0.3 is 5.97 Å². The van der Waals surface area contributed by atoms with Crippen molar-refractivity contribution in [2.24, 2.45) is 33.7 Å². The van der Waals surface area contributed by atoms with E-state index in [-0.39, 0.29) is 86.0 Å². The number of phenolic OH excluding ortho intramolecular Hbond substituents is 2. The van der Waals surface area contributed by atoms with Crippen LogP contribution in [0, 0.1) is 30.6 Å². The van der Waals surface area contributed by atoms with Crippen LogP contribution in [0.3, 0.4) is 0 Å². The number of carbonyl (C=O) groups is 3. The molecule has 7 rings (SSSR count). The van der Waals surface area contributed by atoms with Gasteiger partial charge in [-0.3, -0.25) is 19.4 Å². The van der Waals surface area contributed by atoms with E-state index < -0.39 is 41.1 Å². The second-order valence-corrected chi connectivity index (χ2v) is 17.7. The summed E-state index contributed by atoms with van der Waals surface area (Å²) in [6, 6.07) is 0.514. The fraction of sp³-hybridized carbons (Fsp3) is 0.578. The van der Waals surface area contributed by atoms with E-state index in [1.807, 2.05) is 52.8 Å². The Morgan fingerprint density at radius 1 is 1.00 bits per heavy atom. The Labute approximate surface area is 335 Å². The lowest BCUT2D eigenvalue weighted by molar-refractivity contribution is -0.156. The van der Waals surface area contributed by atoms with Crippen LogP contribution in [0.15, 0.2) is 45.9 Å². The molecule has 5 N–H and O–H groups in total. The molecule has 12 heteroatoms. The number of phenols is 2. The number of carbonyl (C=O) groups excluding carboxylic acids is 3. The quantitative estimate of drug-likeness (QED) is 0.133. The Balaban J connectivity index is 1.53. The molecule has 1 fully saturated rings. The van der Waals surface area contributed by atoms with E-state index in [0.29, 0.717) is 36.6 Å². The number of hydrogen-bond acceptors (Lipinski definition) is 11. The van der Waals surface area contributed by atoms with Crippen LogP contribution in [0.2, 0.25) is 0 Å². The summed E-state index contributed by atoms with van der Waals surface area (Å²) in [4.78, 5) is 50.2. The molecular formula is C45H60N4O8. The summed E-state index contributed by atoms with van der Waals surface area (Å²) in [5.74, 6) is -2.47. The Morgan fingerprint density at radius 3 is 2.39 bits per heavy atom. The van der Waals surface area contributed by atoms with E-state index in [4.69, 9.17) is 14.5 Å². The summed E-state index contributed by atoms with van der Waals surface area (Å²) < 4.78 is 12.3. The molecular weight excluding hydrogens is 725 g/mol. The number of aliphatic hydroxyl groups excluding tert-OH is 1. The van der Waals surface area contributed by atoms with E-state index in [1.54, 1.807) is 32.9 Å². The van der Waals surface area contributed by atoms with E-state index in [9.17, 15) is 29.7 Å². The van der Waals surface area contributed by atoms with Crippen LogP contribution in [-0.4, -0.2) is 68.5 Å². The molecule has 2 aromatic rings. The molecule has 0 aliphatic carbocycles. The van der Waals surface area contributed by atoms with Crippen molar-refractivity contribution in [2.45, 2.75) is 143 Å². The number of ether oxygens (including phenoxy) is 2. The van der Waals surface area contributed by atoms with Crippen molar-refractivity contribution in [1.82, 2.24) is 5.32 Å². The fourth-order valence-electron chi connectivity index (χ4n) is 9.29. The van der Waals surface area contributed by atoms with Crippen molar-refractivity contribution >= 4 is 34.1 Å². The number of ketones is 1. The number of rotatable bonds is 3. The lowest BCUT2D eigenvalue weighted by atomic mass is 9.80. The highest BCUT2D eigenvalue weighted by molar-refractivity contribution is 6.22. The normalized spacial score (nSPS) is 35.5. The molecule has 308 valence electrons. The van der Waals surface area contributed by atoms with Gasteiger partial charge in [-0.15, -0.1) is 0 Å². The van der Waals surface area contributed by atoms with Crippen LogP contribution < -0.4 is 26.1 Å². The van der Waals surface area contributed by atoms with Gasteiger partial charge in [-0.1, -0.05) is 58.1 Å². The number of amides is 1. The second kappa shape index (κ2) is 16.0. The third kappa shape index (κ3) is 8.12. The minimum Gasteiger partial charge on any atom is -0.507 e. The van der Waals surface area contributed by atoms with Gasteiger partial charge in [0.1, 0.15) is 34.0 Å². The smallest absolute Gasteiger partial charge is 0.302 e. The molecule has 5 aliphatic rings. The van der Waals surface area contributed by atoms with Crippen molar-refractivity contribution in [1.29, 1.82) is 0 Å². The van der Waals surface area contributed by atoms with Gasteiger partial charge in [-0.2, -0.15) is 0 Å². The largest absolute Gasteiger partial charge is 0.507 e. The second-order valence-electron chi connectivity index (χ2n) is 17.7. The molecule has 2 unspecified atom stereocenters. The minimum atomic E-state index is -1.36. The first kappa shape index (κ1) is 42.1. The van der Waals surface area contributed by atoms with E-state index in [0.717, 1.165) is 12.8 Å². The SMILES string of the molecule is CC(=O)O[C@H]1[C@H](C)[C@H](O)[C@H](C)C[C@@H](C)/C=C/C=C(/C)C(=O)N=c2c(O)c3c(O)c(C)c4c(c3c3c2=N[C@@](C)(CC2CCC(C)N2)N3)C(=O)[C@@](C)(C/C=C/C[C@H]1C)O4. The Morgan fingerprint density at radius 2 is 1.72 bits per heavy atom. The molecule has 5 bridgehead atoms. The standard InChI is InChI=1S/C45H60N4O8/c1-22-14-13-16-24(3)43(55)47-36-35-34(48-45(10,49-35)21-30-18-17-26(5)46-30)31-32(39(36)53)38(52)28(7)41-33(31)42(54)44(9,57-41)19-12-11-15-23(2)40(56-29(8)50)27(6)37(51)25(4)20-22/h11-14,16,22-23,25-27,30,37,40,46,48,51-53H,15,17-21H2,1-10H3/b12-11+,14-13+,24-16-,47-36?/t22-,23+,25+,26?,27+,30?,37+,40+,44+,45-/m0/s1. The van der Waals surface area contributed by atoms with Gasteiger partial charge in [0, 0.05) is 54.3 Å². The highest BCUT2D eigenvalue weighted by atomic mass is 16.5. The number of esters is 1. The first-order valence-corrected chi connectivity index (χ1v) is 20.5. The lowest BCUT2D eigenvalue weighted by Crippen LogP contribution is -2.40.